The summed E-state index contributed by atoms with van der Waals surface area (Å²) in [6.07, 6.45) is 0. The maximum atomic E-state index is 10.5. The molecule has 161 valence electrons. The van der Waals surface area contributed by atoms with Crippen molar-refractivity contribution in [1.82, 2.24) is 0 Å². The molecule has 0 spiro atoms. The van der Waals surface area contributed by atoms with Crippen LogP contribution in [0.2, 0.25) is 0 Å². The second-order valence-electron chi connectivity index (χ2n) is 10.6. The van der Waals surface area contributed by atoms with E-state index >= 15 is 0 Å². The lowest BCUT2D eigenvalue weighted by Gasteiger charge is -2.37. The molecule has 31 heavy (non-hydrogen) atoms. The van der Waals surface area contributed by atoms with Gasteiger partial charge in [0.05, 0.1) is 11.2 Å². The van der Waals surface area contributed by atoms with Crippen molar-refractivity contribution >= 4 is 45.3 Å². The highest BCUT2D eigenvalue weighted by atomic mass is 16.5. The summed E-state index contributed by atoms with van der Waals surface area (Å²) < 4.78 is 6.19. The van der Waals surface area contributed by atoms with Crippen molar-refractivity contribution in [2.75, 3.05) is 0 Å². The van der Waals surface area contributed by atoms with E-state index in [0.29, 0.717) is 11.8 Å². The lowest BCUT2D eigenvalue weighted by atomic mass is 9.76. The fraction of sp³-hybridized carbons (Fsp3) is 0.429. The van der Waals surface area contributed by atoms with Gasteiger partial charge in [-0.05, 0) is 88.4 Å². The zero-order chi connectivity index (χ0) is 22.7. The molecule has 4 rings (SSSR count). The minimum absolute atomic E-state index is 0.392. The normalized spacial score (nSPS) is 13.4. The summed E-state index contributed by atoms with van der Waals surface area (Å²) in [5.74, 6) is 0.861. The smallest absolute Gasteiger partial charge is 0.331 e. The van der Waals surface area contributed by atoms with Crippen LogP contribution in [0.5, 0.6) is 0 Å². The van der Waals surface area contributed by atoms with Crippen LogP contribution in [0.15, 0.2) is 42.5 Å². The van der Waals surface area contributed by atoms with Gasteiger partial charge in [0.1, 0.15) is 0 Å². The first-order valence-corrected chi connectivity index (χ1v) is 11.4. The van der Waals surface area contributed by atoms with Gasteiger partial charge in [-0.25, -0.2) is 0 Å². The Morgan fingerprint density at radius 2 is 1.29 bits per heavy atom. The van der Waals surface area contributed by atoms with Crippen LogP contribution in [0, 0.1) is 0 Å². The van der Waals surface area contributed by atoms with Gasteiger partial charge >= 0.3 is 7.48 Å². The number of aliphatic hydroxyl groups is 1. The first kappa shape index (κ1) is 22.1. The Morgan fingerprint density at radius 3 is 1.90 bits per heavy atom. The summed E-state index contributed by atoms with van der Waals surface area (Å²) in [7, 11) is 1.85. The Bertz CT molecular complexity index is 1250. The Hall–Kier alpha value is -2.10. The lowest BCUT2D eigenvalue weighted by molar-refractivity contribution is -0.0893. The number of hydrogen-bond donors (Lipinski definition) is 1. The van der Waals surface area contributed by atoms with Crippen molar-refractivity contribution in [1.29, 1.82) is 0 Å². The van der Waals surface area contributed by atoms with Crippen molar-refractivity contribution in [2.24, 2.45) is 0 Å². The predicted molar refractivity (Wildman–Crippen MR) is 135 cm³/mol. The first-order chi connectivity index (χ1) is 14.4. The molecule has 0 aliphatic carbocycles. The molecule has 0 heterocycles. The van der Waals surface area contributed by atoms with E-state index in [9.17, 15) is 5.11 Å². The molecule has 0 fully saturated rings. The van der Waals surface area contributed by atoms with Gasteiger partial charge in [0.25, 0.3) is 0 Å². The quantitative estimate of drug-likeness (QED) is 0.284. The zero-order valence-corrected chi connectivity index (χ0v) is 20.1. The fourth-order valence-electron chi connectivity index (χ4n) is 4.41. The summed E-state index contributed by atoms with van der Waals surface area (Å²) in [6.45, 7) is 16.5. The third kappa shape index (κ3) is 3.62. The molecule has 0 atom stereocenters. The van der Waals surface area contributed by atoms with Crippen LogP contribution in [0.25, 0.3) is 32.3 Å². The van der Waals surface area contributed by atoms with E-state index in [1.165, 1.54) is 43.4 Å². The molecule has 1 radical (unpaired) electrons. The number of rotatable bonds is 6. The summed E-state index contributed by atoms with van der Waals surface area (Å²) in [5.41, 5.74) is 2.12. The molecule has 0 aromatic heterocycles. The summed E-state index contributed by atoms with van der Waals surface area (Å²) in [6, 6.07) is 15.8. The van der Waals surface area contributed by atoms with Gasteiger partial charge in [-0.3, -0.25) is 0 Å². The van der Waals surface area contributed by atoms with Gasteiger partial charge in [0.15, 0.2) is 0 Å². The molecule has 3 heteroatoms. The molecular formula is C28H34BO2. The number of benzene rings is 4. The van der Waals surface area contributed by atoms with Gasteiger partial charge in [-0.1, -0.05) is 70.2 Å². The molecule has 0 saturated carbocycles. The largest absolute Gasteiger partial charge is 0.427 e. The third-order valence-corrected chi connectivity index (χ3v) is 7.08. The van der Waals surface area contributed by atoms with E-state index in [2.05, 4.69) is 70.2 Å². The van der Waals surface area contributed by atoms with Crippen LogP contribution in [0.4, 0.5) is 0 Å². The van der Waals surface area contributed by atoms with Crippen LogP contribution < -0.4 is 5.46 Å². The molecule has 4 aromatic rings. The SMILES string of the molecule is CC(C)c1ccc2ccc3c(C(C)C)cc([B]OC(C)(C)C(C)(C)O)c4ccc1c2c43. The third-order valence-electron chi connectivity index (χ3n) is 7.08. The Kier molecular flexibility index (Phi) is 5.35. The summed E-state index contributed by atoms with van der Waals surface area (Å²) >= 11 is 0. The first-order valence-electron chi connectivity index (χ1n) is 11.4. The van der Waals surface area contributed by atoms with Crippen molar-refractivity contribution in [2.45, 2.75) is 78.4 Å². The van der Waals surface area contributed by atoms with Crippen molar-refractivity contribution in [3.05, 3.63) is 53.6 Å². The second-order valence-corrected chi connectivity index (χ2v) is 10.6. The Balaban J connectivity index is 2.01. The Labute approximate surface area is 187 Å². The molecule has 4 aromatic carbocycles. The van der Waals surface area contributed by atoms with E-state index < -0.39 is 11.2 Å². The molecule has 0 aliphatic rings. The Morgan fingerprint density at radius 1 is 0.742 bits per heavy atom. The molecular weight excluding hydrogens is 379 g/mol. The van der Waals surface area contributed by atoms with Crippen molar-refractivity contribution in [3.8, 4) is 0 Å². The molecule has 1 N–H and O–H groups in total. The van der Waals surface area contributed by atoms with Gasteiger partial charge < -0.3 is 9.76 Å². The maximum absolute atomic E-state index is 10.5. The van der Waals surface area contributed by atoms with Crippen LogP contribution >= 0.6 is 0 Å². The van der Waals surface area contributed by atoms with Crippen molar-refractivity contribution < 1.29 is 9.76 Å². The van der Waals surface area contributed by atoms with E-state index in [-0.39, 0.29) is 0 Å². The van der Waals surface area contributed by atoms with Gasteiger partial charge in [0.2, 0.25) is 0 Å². The lowest BCUT2D eigenvalue weighted by Crippen LogP contribution is -2.49. The van der Waals surface area contributed by atoms with Crippen LogP contribution in [0.1, 0.15) is 78.4 Å². The van der Waals surface area contributed by atoms with Crippen LogP contribution in [-0.2, 0) is 4.65 Å². The van der Waals surface area contributed by atoms with E-state index in [4.69, 9.17) is 4.65 Å². The predicted octanol–water partition coefficient (Wildman–Crippen LogP) is 6.64. The minimum atomic E-state index is -0.958. The van der Waals surface area contributed by atoms with E-state index in [1.54, 1.807) is 13.8 Å². The minimum Gasteiger partial charge on any atom is -0.427 e. The molecule has 0 bridgehead atoms. The molecule has 0 aliphatic heterocycles. The molecule has 2 nitrogen and oxygen atoms in total. The van der Waals surface area contributed by atoms with Crippen LogP contribution in [-0.4, -0.2) is 23.8 Å². The maximum Gasteiger partial charge on any atom is 0.331 e. The fourth-order valence-corrected chi connectivity index (χ4v) is 4.41. The van der Waals surface area contributed by atoms with Gasteiger partial charge in [-0.15, -0.1) is 0 Å². The second kappa shape index (κ2) is 7.50. The average Bonchev–Trinajstić information content (AvgIpc) is 2.69. The van der Waals surface area contributed by atoms with Gasteiger partial charge in [0, 0.05) is 0 Å². The van der Waals surface area contributed by atoms with E-state index in [1.807, 2.05) is 21.3 Å². The molecule has 0 amide bonds. The molecule has 0 saturated heterocycles. The van der Waals surface area contributed by atoms with Crippen molar-refractivity contribution in [3.63, 3.8) is 0 Å². The highest BCUT2D eigenvalue weighted by Gasteiger charge is 2.36. The number of hydrogen-bond acceptors (Lipinski definition) is 2. The molecule has 0 unspecified atom stereocenters. The zero-order valence-electron chi connectivity index (χ0n) is 20.1. The topological polar surface area (TPSA) is 29.5 Å². The highest BCUT2D eigenvalue weighted by Crippen LogP contribution is 2.40. The highest BCUT2D eigenvalue weighted by molar-refractivity contribution is 6.53. The van der Waals surface area contributed by atoms with Gasteiger partial charge in [-0.2, -0.15) is 0 Å². The summed E-state index contributed by atoms with van der Waals surface area (Å²) in [5, 5.41) is 18.3. The monoisotopic (exact) mass is 413 g/mol. The average molecular weight is 413 g/mol. The standard InChI is InChI=1S/C28H34BO2/c1-16(2)19-11-9-18-10-12-21-23(17(3)4)15-24(29-31-28(7,8)27(5,6)30)22-14-13-20(19)25(18)26(21)22/h9-17,30H,1-8H3. The summed E-state index contributed by atoms with van der Waals surface area (Å²) in [4.78, 5) is 0. The van der Waals surface area contributed by atoms with Crippen LogP contribution in [0.3, 0.4) is 0 Å². The van der Waals surface area contributed by atoms with E-state index in [0.717, 1.165) is 5.46 Å².